The Morgan fingerprint density at radius 3 is 2.23 bits per heavy atom. The maximum absolute atomic E-state index is 12.9. The van der Waals surface area contributed by atoms with Crippen molar-refractivity contribution in [2.75, 3.05) is 5.73 Å². The van der Waals surface area contributed by atoms with E-state index in [4.69, 9.17) is 5.73 Å². The van der Waals surface area contributed by atoms with Crippen LogP contribution < -0.4 is 5.73 Å². The van der Waals surface area contributed by atoms with Gasteiger partial charge in [-0.25, -0.2) is 0 Å². The Morgan fingerprint density at radius 1 is 1.00 bits per heavy atom. The lowest BCUT2D eigenvalue weighted by Crippen LogP contribution is -2.09. The van der Waals surface area contributed by atoms with Gasteiger partial charge >= 0.3 is 0 Å². The van der Waals surface area contributed by atoms with E-state index < -0.39 is 0 Å². The predicted molar refractivity (Wildman–Crippen MR) is 90.1 cm³/mol. The fraction of sp³-hybridized carbons (Fsp3) is 0.0625. The van der Waals surface area contributed by atoms with Crippen molar-refractivity contribution in [2.24, 2.45) is 0 Å². The number of rotatable bonds is 5. The average molecular weight is 327 g/mol. The molecule has 0 amide bonds. The number of ketones is 1. The number of nitrogen functional groups attached to an aromatic ring is 1. The number of nitrogens with zero attached hydrogens (tertiary/aromatic N) is 2. The number of aromatic nitrogens is 2. The summed E-state index contributed by atoms with van der Waals surface area (Å²) < 4.78 is 0.690. The molecule has 0 radical (unpaired) electrons. The zero-order valence-corrected chi connectivity index (χ0v) is 13.2. The second-order valence-corrected chi connectivity index (χ2v) is 6.91. The zero-order chi connectivity index (χ0) is 15.4. The summed E-state index contributed by atoms with van der Waals surface area (Å²) in [5, 5.41) is 7.86. The number of Topliss-reactive ketones (excluding diaryl/α,β-unsaturated/α-hetero) is 1. The Balaban J connectivity index is 1.94. The lowest BCUT2D eigenvalue weighted by molar-refractivity contribution is 0.0989. The van der Waals surface area contributed by atoms with Gasteiger partial charge in [-0.2, -0.15) is 0 Å². The summed E-state index contributed by atoms with van der Waals surface area (Å²) in [7, 11) is 0. The van der Waals surface area contributed by atoms with Gasteiger partial charge in [0.15, 0.2) is 10.1 Å². The van der Waals surface area contributed by atoms with E-state index in [0.29, 0.717) is 15.0 Å². The van der Waals surface area contributed by atoms with E-state index in [0.717, 1.165) is 5.56 Å². The average Bonchev–Trinajstić information content (AvgIpc) is 2.99. The number of hydrogen-bond acceptors (Lipinski definition) is 6. The van der Waals surface area contributed by atoms with Gasteiger partial charge in [0.25, 0.3) is 0 Å². The highest BCUT2D eigenvalue weighted by molar-refractivity contribution is 8.02. The standard InChI is InChI=1S/C16H13N3OS2/c17-15-18-19-16(22-15)21-14(12-9-5-2-6-10-12)13(20)11-7-3-1-4-8-11/h1-10,14H,(H2,17,18)/t14-/m0/s1. The smallest absolute Gasteiger partial charge is 0.203 e. The van der Waals surface area contributed by atoms with Crippen LogP contribution >= 0.6 is 23.1 Å². The van der Waals surface area contributed by atoms with Crippen LogP contribution in [0.4, 0.5) is 5.13 Å². The first-order chi connectivity index (χ1) is 10.7. The summed E-state index contributed by atoms with van der Waals surface area (Å²) in [4.78, 5) is 12.9. The van der Waals surface area contributed by atoms with Crippen molar-refractivity contribution < 1.29 is 4.79 Å². The van der Waals surface area contributed by atoms with Crippen LogP contribution in [0.2, 0.25) is 0 Å². The van der Waals surface area contributed by atoms with E-state index in [2.05, 4.69) is 10.2 Å². The van der Waals surface area contributed by atoms with Crippen molar-refractivity contribution in [3.05, 3.63) is 71.8 Å². The fourth-order valence-corrected chi connectivity index (χ4v) is 3.93. The summed E-state index contributed by atoms with van der Waals surface area (Å²) >= 11 is 2.67. The van der Waals surface area contributed by atoms with Crippen LogP contribution in [0.15, 0.2) is 65.0 Å². The molecule has 110 valence electrons. The minimum atomic E-state index is -0.365. The molecule has 3 rings (SSSR count). The summed E-state index contributed by atoms with van der Waals surface area (Å²) in [6.45, 7) is 0. The van der Waals surface area contributed by atoms with Gasteiger partial charge in [-0.1, -0.05) is 83.8 Å². The zero-order valence-electron chi connectivity index (χ0n) is 11.5. The Morgan fingerprint density at radius 2 is 1.64 bits per heavy atom. The van der Waals surface area contributed by atoms with Gasteiger partial charge < -0.3 is 5.73 Å². The van der Waals surface area contributed by atoms with Gasteiger partial charge in [0, 0.05) is 5.56 Å². The van der Waals surface area contributed by atoms with Crippen molar-refractivity contribution in [1.82, 2.24) is 10.2 Å². The fourth-order valence-electron chi connectivity index (χ4n) is 2.02. The van der Waals surface area contributed by atoms with Crippen LogP contribution in [0, 0.1) is 0 Å². The van der Waals surface area contributed by atoms with Gasteiger partial charge in [-0.15, -0.1) is 10.2 Å². The second-order valence-electron chi connectivity index (χ2n) is 4.55. The van der Waals surface area contributed by atoms with E-state index in [1.54, 1.807) is 0 Å². The molecule has 0 unspecified atom stereocenters. The lowest BCUT2D eigenvalue weighted by Gasteiger charge is -2.14. The number of thioether (sulfide) groups is 1. The normalized spacial score (nSPS) is 12.0. The molecule has 0 aliphatic heterocycles. The molecule has 4 nitrogen and oxygen atoms in total. The van der Waals surface area contributed by atoms with Crippen LogP contribution in [-0.4, -0.2) is 16.0 Å². The Bertz CT molecular complexity index is 759. The highest BCUT2D eigenvalue weighted by Crippen LogP contribution is 2.39. The predicted octanol–water partition coefficient (Wildman–Crippen LogP) is 3.84. The molecule has 0 bridgehead atoms. The molecule has 3 aromatic rings. The van der Waals surface area contributed by atoms with Gasteiger partial charge in [-0.05, 0) is 5.56 Å². The molecule has 0 saturated heterocycles. The van der Waals surface area contributed by atoms with Crippen LogP contribution in [0.3, 0.4) is 0 Å². The molecule has 0 fully saturated rings. The molecule has 0 spiro atoms. The van der Waals surface area contributed by atoms with E-state index in [9.17, 15) is 4.79 Å². The molecule has 6 heteroatoms. The summed E-state index contributed by atoms with van der Waals surface area (Å²) in [5.41, 5.74) is 7.25. The highest BCUT2D eigenvalue weighted by atomic mass is 32.2. The van der Waals surface area contributed by atoms with Crippen LogP contribution in [0.5, 0.6) is 0 Å². The molecule has 2 aromatic carbocycles. The van der Waals surface area contributed by atoms with Crippen molar-refractivity contribution in [1.29, 1.82) is 0 Å². The molecule has 1 heterocycles. The second kappa shape index (κ2) is 6.72. The maximum atomic E-state index is 12.9. The maximum Gasteiger partial charge on any atom is 0.203 e. The van der Waals surface area contributed by atoms with Gasteiger partial charge in [0.1, 0.15) is 0 Å². The van der Waals surface area contributed by atoms with Gasteiger partial charge in [0.2, 0.25) is 5.13 Å². The summed E-state index contributed by atoms with van der Waals surface area (Å²) in [5.74, 6) is 0.0468. The number of benzene rings is 2. The number of anilines is 1. The van der Waals surface area contributed by atoms with Crippen molar-refractivity contribution in [3.63, 3.8) is 0 Å². The van der Waals surface area contributed by atoms with Gasteiger partial charge in [0.05, 0.1) is 5.25 Å². The number of hydrogen-bond donors (Lipinski definition) is 1. The van der Waals surface area contributed by atoms with Crippen LogP contribution in [-0.2, 0) is 0 Å². The molecular formula is C16H13N3OS2. The number of carbonyl (C=O) groups is 1. The third kappa shape index (κ3) is 3.35. The monoisotopic (exact) mass is 327 g/mol. The van der Waals surface area contributed by atoms with Crippen LogP contribution in [0.25, 0.3) is 0 Å². The van der Waals surface area contributed by atoms with Crippen LogP contribution in [0.1, 0.15) is 21.2 Å². The van der Waals surface area contributed by atoms with Crippen molar-refractivity contribution in [3.8, 4) is 0 Å². The van der Waals surface area contributed by atoms with E-state index in [1.165, 1.54) is 23.1 Å². The summed E-state index contributed by atoms with van der Waals surface area (Å²) in [6, 6.07) is 19.0. The minimum absolute atomic E-state index is 0.0468. The molecule has 0 aliphatic carbocycles. The first-order valence-electron chi connectivity index (χ1n) is 6.64. The first-order valence-corrected chi connectivity index (χ1v) is 8.33. The number of nitrogens with two attached hydrogens (primary N) is 1. The Hall–Kier alpha value is -2.18. The van der Waals surface area contributed by atoms with E-state index in [1.807, 2.05) is 60.7 Å². The Kier molecular flexibility index (Phi) is 4.50. The topological polar surface area (TPSA) is 68.9 Å². The van der Waals surface area contributed by atoms with Crippen molar-refractivity contribution >= 4 is 34.0 Å². The third-order valence-electron chi connectivity index (χ3n) is 3.04. The molecule has 2 N–H and O–H groups in total. The molecule has 0 saturated carbocycles. The first kappa shape index (κ1) is 14.7. The molecule has 22 heavy (non-hydrogen) atoms. The Labute approximate surface area is 136 Å². The lowest BCUT2D eigenvalue weighted by atomic mass is 10.0. The van der Waals surface area contributed by atoms with Crippen molar-refractivity contribution in [2.45, 2.75) is 9.59 Å². The molecule has 0 aliphatic rings. The summed E-state index contributed by atoms with van der Waals surface area (Å²) in [6.07, 6.45) is 0. The number of carbonyl (C=O) groups excluding carboxylic acids is 1. The van der Waals surface area contributed by atoms with E-state index >= 15 is 0 Å². The molecule has 1 atom stereocenters. The third-order valence-corrected chi connectivity index (χ3v) is 5.13. The highest BCUT2D eigenvalue weighted by Gasteiger charge is 2.24. The van der Waals surface area contributed by atoms with Gasteiger partial charge in [-0.3, -0.25) is 4.79 Å². The SMILES string of the molecule is Nc1nnc(S[C@H](C(=O)c2ccccc2)c2ccccc2)s1. The molecule has 1 aromatic heterocycles. The molecular weight excluding hydrogens is 314 g/mol. The largest absolute Gasteiger partial charge is 0.374 e. The van der Waals surface area contributed by atoms with E-state index in [-0.39, 0.29) is 11.0 Å². The minimum Gasteiger partial charge on any atom is -0.374 e. The quantitative estimate of drug-likeness (QED) is 0.569.